The Labute approximate surface area is 74.8 Å². The molecule has 1 aliphatic carbocycles. The minimum atomic E-state index is -0.965. The van der Waals surface area contributed by atoms with Crippen LogP contribution in [-0.4, -0.2) is 15.4 Å². The Hall–Kier alpha value is -0.210. The van der Waals surface area contributed by atoms with Crippen LogP contribution in [0.2, 0.25) is 0 Å². The van der Waals surface area contributed by atoms with Gasteiger partial charge in [-0.25, -0.2) is 4.79 Å². The van der Waals surface area contributed by atoms with Crippen LogP contribution in [-0.2, 0) is 4.79 Å². The summed E-state index contributed by atoms with van der Waals surface area (Å²) in [6.07, 6.45) is 2.61. The Morgan fingerprint density at radius 2 is 2.09 bits per heavy atom. The highest BCUT2D eigenvalue weighted by molar-refractivity contribution is 6.51. The number of rotatable bonds is 2. The van der Waals surface area contributed by atoms with E-state index in [1.165, 1.54) is 6.08 Å². The van der Waals surface area contributed by atoms with Crippen molar-refractivity contribution in [1.29, 1.82) is 0 Å². The van der Waals surface area contributed by atoms with Gasteiger partial charge in [0.1, 0.15) is 4.33 Å². The van der Waals surface area contributed by atoms with E-state index in [-0.39, 0.29) is 11.8 Å². The molecule has 62 valence electrons. The molecule has 0 radical (unpaired) electrons. The van der Waals surface area contributed by atoms with Gasteiger partial charge in [0.2, 0.25) is 0 Å². The summed E-state index contributed by atoms with van der Waals surface area (Å²) in [5, 5.41) is 8.27. The van der Waals surface area contributed by atoms with Crippen LogP contribution in [0.15, 0.2) is 12.2 Å². The lowest BCUT2D eigenvalue weighted by atomic mass is 10.3. The Morgan fingerprint density at radius 1 is 1.64 bits per heavy atom. The van der Waals surface area contributed by atoms with E-state index in [0.717, 1.165) is 6.08 Å². The van der Waals surface area contributed by atoms with Gasteiger partial charge in [0.25, 0.3) is 0 Å². The number of aliphatic carboxylic acids is 1. The summed E-state index contributed by atoms with van der Waals surface area (Å²) >= 11 is 11.5. The first kappa shape index (κ1) is 8.88. The molecule has 1 fully saturated rings. The predicted molar refractivity (Wildman–Crippen MR) is 43.9 cm³/mol. The zero-order valence-corrected chi connectivity index (χ0v) is 7.43. The first-order chi connectivity index (χ1) is 4.96. The topological polar surface area (TPSA) is 37.3 Å². The fraction of sp³-hybridized carbons (Fsp3) is 0.571. The largest absolute Gasteiger partial charge is 0.478 e. The highest BCUT2D eigenvalue weighted by Gasteiger charge is 2.58. The number of carboxylic acid groups (broad SMARTS) is 1. The molecule has 0 unspecified atom stereocenters. The van der Waals surface area contributed by atoms with E-state index in [2.05, 4.69) is 0 Å². The maximum Gasteiger partial charge on any atom is 0.327 e. The van der Waals surface area contributed by atoms with Crippen molar-refractivity contribution in [2.24, 2.45) is 11.8 Å². The van der Waals surface area contributed by atoms with Crippen LogP contribution in [0.4, 0.5) is 0 Å². The van der Waals surface area contributed by atoms with Gasteiger partial charge in [-0.05, 0) is 5.92 Å². The Kier molecular flexibility index (Phi) is 2.17. The molecule has 1 saturated carbocycles. The second-order valence-electron chi connectivity index (χ2n) is 2.69. The number of carboxylic acids is 1. The van der Waals surface area contributed by atoms with E-state index in [4.69, 9.17) is 28.3 Å². The molecule has 1 rings (SSSR count). The summed E-state index contributed by atoms with van der Waals surface area (Å²) in [7, 11) is 0. The van der Waals surface area contributed by atoms with Crippen molar-refractivity contribution in [3.05, 3.63) is 12.2 Å². The highest BCUT2D eigenvalue weighted by atomic mass is 35.5. The van der Waals surface area contributed by atoms with Gasteiger partial charge in [-0.3, -0.25) is 0 Å². The fourth-order valence-corrected chi connectivity index (χ4v) is 1.66. The number of hydrogen-bond acceptors (Lipinski definition) is 1. The zero-order valence-electron chi connectivity index (χ0n) is 5.92. The van der Waals surface area contributed by atoms with Crippen molar-refractivity contribution in [3.63, 3.8) is 0 Å². The number of alkyl halides is 2. The molecule has 11 heavy (non-hydrogen) atoms. The van der Waals surface area contributed by atoms with Crippen molar-refractivity contribution in [3.8, 4) is 0 Å². The molecular weight excluding hydrogens is 187 g/mol. The molecule has 0 heterocycles. The van der Waals surface area contributed by atoms with E-state index in [1.54, 1.807) is 0 Å². The third kappa shape index (κ3) is 1.68. The van der Waals surface area contributed by atoms with E-state index in [1.807, 2.05) is 6.92 Å². The van der Waals surface area contributed by atoms with Gasteiger partial charge in [-0.2, -0.15) is 0 Å². The lowest BCUT2D eigenvalue weighted by Crippen LogP contribution is -1.90. The molecule has 0 aromatic carbocycles. The van der Waals surface area contributed by atoms with Crippen molar-refractivity contribution in [2.45, 2.75) is 11.3 Å². The number of allylic oxidation sites excluding steroid dienone is 1. The number of hydrogen-bond donors (Lipinski definition) is 1. The smallest absolute Gasteiger partial charge is 0.327 e. The first-order valence-corrected chi connectivity index (χ1v) is 4.01. The molecule has 0 aromatic heterocycles. The van der Waals surface area contributed by atoms with Crippen LogP contribution in [0, 0.1) is 11.8 Å². The molecule has 0 spiro atoms. The van der Waals surface area contributed by atoms with E-state index >= 15 is 0 Å². The fourth-order valence-electron chi connectivity index (χ4n) is 0.991. The summed E-state index contributed by atoms with van der Waals surface area (Å²) in [6.45, 7) is 1.89. The Balaban J connectivity index is 2.50. The van der Waals surface area contributed by atoms with Crippen LogP contribution in [0.25, 0.3) is 0 Å². The molecule has 4 heteroatoms. The second kappa shape index (κ2) is 2.68. The van der Waals surface area contributed by atoms with Crippen molar-refractivity contribution in [1.82, 2.24) is 0 Å². The monoisotopic (exact) mass is 194 g/mol. The lowest BCUT2D eigenvalue weighted by Gasteiger charge is -1.89. The minimum Gasteiger partial charge on any atom is -0.478 e. The molecule has 2 atom stereocenters. The zero-order chi connectivity index (χ0) is 8.65. The van der Waals surface area contributed by atoms with Gasteiger partial charge in [-0.15, -0.1) is 23.2 Å². The van der Waals surface area contributed by atoms with Crippen LogP contribution in [0.3, 0.4) is 0 Å². The molecule has 1 N–H and O–H groups in total. The lowest BCUT2D eigenvalue weighted by molar-refractivity contribution is -0.131. The van der Waals surface area contributed by atoms with Crippen molar-refractivity contribution < 1.29 is 9.90 Å². The summed E-state index contributed by atoms with van der Waals surface area (Å²) in [4.78, 5) is 10.1. The Morgan fingerprint density at radius 3 is 2.36 bits per heavy atom. The van der Waals surface area contributed by atoms with Gasteiger partial charge in [-0.1, -0.05) is 13.0 Å². The minimum absolute atomic E-state index is 0.0121. The van der Waals surface area contributed by atoms with Gasteiger partial charge in [0.15, 0.2) is 0 Å². The normalized spacial score (nSPS) is 34.1. The molecule has 0 saturated heterocycles. The summed E-state index contributed by atoms with van der Waals surface area (Å²) < 4.78 is -0.744. The van der Waals surface area contributed by atoms with Gasteiger partial charge in [0.05, 0.1) is 0 Å². The SMILES string of the molecule is C[C@H]1[C@@H](/C=C/C(=O)O)C1(Cl)Cl. The van der Waals surface area contributed by atoms with Crippen LogP contribution in [0.1, 0.15) is 6.92 Å². The van der Waals surface area contributed by atoms with Crippen LogP contribution < -0.4 is 0 Å². The summed E-state index contributed by atoms with van der Waals surface area (Å²) in [5.74, 6) is -0.823. The maximum absolute atomic E-state index is 10.1. The van der Waals surface area contributed by atoms with Crippen LogP contribution >= 0.6 is 23.2 Å². The quantitative estimate of drug-likeness (QED) is 0.540. The van der Waals surface area contributed by atoms with E-state index < -0.39 is 10.3 Å². The number of halogens is 2. The average molecular weight is 195 g/mol. The predicted octanol–water partition coefficient (Wildman–Crippen LogP) is 2.07. The number of carbonyl (C=O) groups is 1. The van der Waals surface area contributed by atoms with Crippen molar-refractivity contribution in [2.75, 3.05) is 0 Å². The van der Waals surface area contributed by atoms with E-state index in [9.17, 15) is 4.79 Å². The molecular formula is C7H8Cl2O2. The summed E-state index contributed by atoms with van der Waals surface area (Å²) in [6, 6.07) is 0. The molecule has 1 aliphatic rings. The van der Waals surface area contributed by atoms with Crippen LogP contribution in [0.5, 0.6) is 0 Å². The molecule has 2 nitrogen and oxygen atoms in total. The van der Waals surface area contributed by atoms with Gasteiger partial charge >= 0.3 is 5.97 Å². The second-order valence-corrected chi connectivity index (χ2v) is 4.13. The standard InChI is InChI=1S/C7H8Cl2O2/c1-4-5(7(4,8)9)2-3-6(10)11/h2-5H,1H3,(H,10,11)/b3-2+/t4-,5+/m0/s1. The molecule has 0 amide bonds. The maximum atomic E-state index is 10.1. The average Bonchev–Trinajstić information content (AvgIpc) is 2.30. The third-order valence-corrected chi connectivity index (χ3v) is 3.12. The van der Waals surface area contributed by atoms with E-state index in [0.29, 0.717) is 0 Å². The molecule has 0 bridgehead atoms. The first-order valence-electron chi connectivity index (χ1n) is 3.25. The Bertz CT molecular complexity index is 210. The summed E-state index contributed by atoms with van der Waals surface area (Å²) in [5.41, 5.74) is 0. The highest BCUT2D eigenvalue weighted by Crippen LogP contribution is 2.59. The molecule has 0 aliphatic heterocycles. The van der Waals surface area contributed by atoms with Gasteiger partial charge in [0, 0.05) is 12.0 Å². The van der Waals surface area contributed by atoms with Gasteiger partial charge < -0.3 is 5.11 Å². The van der Waals surface area contributed by atoms with Crippen molar-refractivity contribution >= 4 is 29.2 Å². The molecule has 0 aromatic rings. The third-order valence-electron chi connectivity index (χ3n) is 1.93.